The molecule has 7 nitrogen and oxygen atoms in total. The van der Waals surface area contributed by atoms with E-state index in [0.29, 0.717) is 16.8 Å². The number of rotatable bonds is 7. The standard InChI is InChI=1S/C24H27BrN2O5/c1-4-10-31-24(29)32-18-11-15(2)23(19(25)13-18)20(26)14-22(28)27-9-5-6-16-12-17(30-3)7-8-21(16)27/h4,7-8,11-13,20H,1,5-6,9-10,14,26H2,2-3H3. The molecule has 0 fully saturated rings. The van der Waals surface area contributed by atoms with Crippen molar-refractivity contribution in [2.45, 2.75) is 32.2 Å². The molecule has 8 heteroatoms. The molecule has 1 amide bonds. The molecule has 2 N–H and O–H groups in total. The van der Waals surface area contributed by atoms with Crippen LogP contribution < -0.4 is 20.1 Å². The quantitative estimate of drug-likeness (QED) is 0.331. The van der Waals surface area contributed by atoms with Gasteiger partial charge in [0.15, 0.2) is 0 Å². The molecule has 1 aliphatic rings. The molecule has 1 aliphatic heterocycles. The number of methoxy groups -OCH3 is 1. The number of anilines is 1. The molecule has 0 saturated carbocycles. The van der Waals surface area contributed by atoms with Crippen LogP contribution in [-0.2, 0) is 16.0 Å². The van der Waals surface area contributed by atoms with Gasteiger partial charge in [0.2, 0.25) is 5.91 Å². The molecule has 0 bridgehead atoms. The second-order valence-electron chi connectivity index (χ2n) is 7.54. The Morgan fingerprint density at radius 3 is 2.75 bits per heavy atom. The van der Waals surface area contributed by atoms with Crippen LogP contribution >= 0.6 is 15.9 Å². The van der Waals surface area contributed by atoms with Crippen molar-refractivity contribution in [3.05, 3.63) is 64.1 Å². The van der Waals surface area contributed by atoms with Gasteiger partial charge in [-0.25, -0.2) is 4.79 Å². The highest BCUT2D eigenvalue weighted by molar-refractivity contribution is 9.10. The van der Waals surface area contributed by atoms with Gasteiger partial charge in [0.1, 0.15) is 18.1 Å². The van der Waals surface area contributed by atoms with Crippen LogP contribution in [0.25, 0.3) is 0 Å². The van der Waals surface area contributed by atoms with E-state index >= 15 is 0 Å². The molecule has 1 unspecified atom stereocenters. The molecule has 0 aliphatic carbocycles. The smallest absolute Gasteiger partial charge is 0.497 e. The van der Waals surface area contributed by atoms with Crippen molar-refractivity contribution in [1.82, 2.24) is 0 Å². The predicted octanol–water partition coefficient (Wildman–Crippen LogP) is 4.84. The Kier molecular flexibility index (Phi) is 7.93. The number of hydrogen-bond acceptors (Lipinski definition) is 6. The zero-order valence-corrected chi connectivity index (χ0v) is 19.8. The summed E-state index contributed by atoms with van der Waals surface area (Å²) in [6, 6.07) is 8.59. The van der Waals surface area contributed by atoms with Crippen LogP contribution in [0.4, 0.5) is 10.5 Å². The maximum atomic E-state index is 13.1. The molecule has 32 heavy (non-hydrogen) atoms. The van der Waals surface area contributed by atoms with Gasteiger partial charge in [-0.3, -0.25) is 4.79 Å². The lowest BCUT2D eigenvalue weighted by Gasteiger charge is -2.31. The summed E-state index contributed by atoms with van der Waals surface area (Å²) in [5.74, 6) is 1.07. The van der Waals surface area contributed by atoms with Gasteiger partial charge >= 0.3 is 6.16 Å². The molecule has 0 radical (unpaired) electrons. The first kappa shape index (κ1) is 23.8. The van der Waals surface area contributed by atoms with Gasteiger partial charge in [-0.15, -0.1) is 0 Å². The van der Waals surface area contributed by atoms with Crippen molar-refractivity contribution in [1.29, 1.82) is 0 Å². The Morgan fingerprint density at radius 1 is 1.28 bits per heavy atom. The van der Waals surface area contributed by atoms with Gasteiger partial charge in [-0.2, -0.15) is 0 Å². The number of fused-ring (bicyclic) bond motifs is 1. The molecule has 3 rings (SSSR count). The second kappa shape index (κ2) is 10.7. The number of halogens is 1. The van der Waals surface area contributed by atoms with E-state index in [2.05, 4.69) is 22.5 Å². The van der Waals surface area contributed by atoms with Crippen LogP contribution in [0, 0.1) is 6.92 Å². The highest BCUT2D eigenvalue weighted by Crippen LogP contribution is 2.34. The number of ether oxygens (including phenoxy) is 3. The largest absolute Gasteiger partial charge is 0.514 e. The Labute approximate surface area is 196 Å². The Morgan fingerprint density at radius 2 is 2.06 bits per heavy atom. The van der Waals surface area contributed by atoms with Crippen molar-refractivity contribution >= 4 is 33.7 Å². The molecule has 2 aromatic rings. The molecule has 2 aromatic carbocycles. The fourth-order valence-corrected chi connectivity index (χ4v) is 4.70. The van der Waals surface area contributed by atoms with Crippen LogP contribution in [0.2, 0.25) is 0 Å². The minimum atomic E-state index is -0.816. The van der Waals surface area contributed by atoms with Crippen molar-refractivity contribution < 1.29 is 23.8 Å². The minimum absolute atomic E-state index is 0.0387. The third-order valence-corrected chi connectivity index (χ3v) is 5.96. The van der Waals surface area contributed by atoms with E-state index in [1.165, 1.54) is 6.08 Å². The first-order chi connectivity index (χ1) is 15.3. The van der Waals surface area contributed by atoms with E-state index in [1.807, 2.05) is 25.1 Å². The summed E-state index contributed by atoms with van der Waals surface area (Å²) in [7, 11) is 1.63. The maximum Gasteiger partial charge on any atom is 0.514 e. The SMILES string of the molecule is C=CCOC(=O)Oc1cc(C)c(C(N)CC(=O)N2CCCc3cc(OC)ccc32)c(Br)c1. The van der Waals surface area contributed by atoms with Crippen LogP contribution in [0.1, 0.15) is 35.6 Å². The van der Waals surface area contributed by atoms with Crippen molar-refractivity contribution in [2.75, 3.05) is 25.2 Å². The fourth-order valence-electron chi connectivity index (χ4n) is 3.86. The van der Waals surface area contributed by atoms with Gasteiger partial charge in [0, 0.05) is 29.2 Å². The Hall–Kier alpha value is -2.84. The van der Waals surface area contributed by atoms with E-state index in [-0.39, 0.29) is 18.9 Å². The number of hydrogen-bond donors (Lipinski definition) is 1. The molecule has 1 atom stereocenters. The predicted molar refractivity (Wildman–Crippen MR) is 126 cm³/mol. The van der Waals surface area contributed by atoms with Crippen LogP contribution in [0.5, 0.6) is 11.5 Å². The monoisotopic (exact) mass is 502 g/mol. The zero-order chi connectivity index (χ0) is 23.3. The zero-order valence-electron chi connectivity index (χ0n) is 18.2. The summed E-state index contributed by atoms with van der Waals surface area (Å²) >= 11 is 3.50. The highest BCUT2D eigenvalue weighted by atomic mass is 79.9. The molecular formula is C24H27BrN2O5. The average Bonchev–Trinajstić information content (AvgIpc) is 2.76. The topological polar surface area (TPSA) is 91.1 Å². The van der Waals surface area contributed by atoms with E-state index in [1.54, 1.807) is 24.1 Å². The number of nitrogens with zero attached hydrogens (tertiary/aromatic N) is 1. The molecular weight excluding hydrogens is 476 g/mol. The van der Waals surface area contributed by atoms with Crippen molar-refractivity contribution in [3.8, 4) is 11.5 Å². The fraction of sp³-hybridized carbons (Fsp3) is 0.333. The number of amides is 1. The average molecular weight is 503 g/mol. The van der Waals surface area contributed by atoms with Gasteiger partial charge in [-0.05, 0) is 66.8 Å². The molecule has 0 saturated heterocycles. The third kappa shape index (κ3) is 5.49. The number of nitrogens with two attached hydrogens (primary N) is 1. The van der Waals surface area contributed by atoms with Gasteiger partial charge in [0.25, 0.3) is 0 Å². The number of carbonyl (C=O) groups is 2. The summed E-state index contributed by atoms with van der Waals surface area (Å²) in [4.78, 5) is 26.6. The first-order valence-electron chi connectivity index (χ1n) is 10.3. The van der Waals surface area contributed by atoms with Crippen LogP contribution in [0.15, 0.2) is 47.5 Å². The van der Waals surface area contributed by atoms with E-state index in [4.69, 9.17) is 19.9 Å². The Bertz CT molecular complexity index is 1000. The lowest BCUT2D eigenvalue weighted by atomic mass is 9.97. The van der Waals surface area contributed by atoms with Gasteiger partial charge in [0.05, 0.1) is 7.11 Å². The van der Waals surface area contributed by atoms with E-state index in [0.717, 1.165) is 41.0 Å². The number of aryl methyl sites for hydroxylation is 2. The van der Waals surface area contributed by atoms with Crippen molar-refractivity contribution in [3.63, 3.8) is 0 Å². The summed E-state index contributed by atoms with van der Waals surface area (Å²) in [5, 5.41) is 0. The van der Waals surface area contributed by atoms with E-state index in [9.17, 15) is 9.59 Å². The van der Waals surface area contributed by atoms with Crippen molar-refractivity contribution in [2.24, 2.45) is 5.73 Å². The Balaban J connectivity index is 1.73. The van der Waals surface area contributed by atoms with Gasteiger partial charge in [-0.1, -0.05) is 28.6 Å². The van der Waals surface area contributed by atoms with Gasteiger partial charge < -0.3 is 24.8 Å². The molecule has 1 heterocycles. The summed E-state index contributed by atoms with van der Waals surface area (Å²) in [6.07, 6.45) is 2.58. The van der Waals surface area contributed by atoms with Crippen LogP contribution in [0.3, 0.4) is 0 Å². The second-order valence-corrected chi connectivity index (χ2v) is 8.40. The number of carbonyl (C=O) groups excluding carboxylic acids is 2. The molecule has 0 aromatic heterocycles. The first-order valence-corrected chi connectivity index (χ1v) is 11.1. The van der Waals surface area contributed by atoms with Crippen LogP contribution in [-0.4, -0.2) is 32.3 Å². The lowest BCUT2D eigenvalue weighted by molar-refractivity contribution is -0.119. The normalized spacial score (nSPS) is 13.7. The number of benzene rings is 2. The summed E-state index contributed by atoms with van der Waals surface area (Å²) in [6.45, 7) is 6.07. The van der Waals surface area contributed by atoms with E-state index < -0.39 is 12.2 Å². The molecule has 170 valence electrons. The lowest BCUT2D eigenvalue weighted by Crippen LogP contribution is -2.37. The maximum absolute atomic E-state index is 13.1. The minimum Gasteiger partial charge on any atom is -0.497 e. The summed E-state index contributed by atoms with van der Waals surface area (Å²) in [5.41, 5.74) is 10.0. The highest BCUT2D eigenvalue weighted by Gasteiger charge is 2.26. The third-order valence-electron chi connectivity index (χ3n) is 5.30. The molecule has 0 spiro atoms. The summed E-state index contributed by atoms with van der Waals surface area (Å²) < 4.78 is 16.0.